The third-order valence-electron chi connectivity index (χ3n) is 3.57. The summed E-state index contributed by atoms with van der Waals surface area (Å²) in [5.41, 5.74) is 2.27. The Kier molecular flexibility index (Phi) is 4.88. The Morgan fingerprint density at radius 2 is 1.59 bits per heavy atom. The Balaban J connectivity index is 2.35. The zero-order valence-electron chi connectivity index (χ0n) is 13.3. The summed E-state index contributed by atoms with van der Waals surface area (Å²) in [6.07, 6.45) is 0. The first-order chi connectivity index (χ1) is 10.3. The van der Waals surface area contributed by atoms with Gasteiger partial charge in [0.25, 0.3) is 0 Å². The van der Waals surface area contributed by atoms with E-state index in [0.717, 1.165) is 5.56 Å². The second kappa shape index (κ2) is 6.50. The Labute approximate surface area is 132 Å². The number of benzene rings is 2. The summed E-state index contributed by atoms with van der Waals surface area (Å²) in [7, 11) is -2.03. The molecule has 0 unspecified atom stereocenters. The molecule has 2 aromatic rings. The van der Waals surface area contributed by atoms with E-state index in [9.17, 15) is 8.42 Å². The van der Waals surface area contributed by atoms with E-state index in [4.69, 9.17) is 4.74 Å². The van der Waals surface area contributed by atoms with Gasteiger partial charge in [0.15, 0.2) is 0 Å². The smallest absolute Gasteiger partial charge is 0.241 e. The van der Waals surface area contributed by atoms with Gasteiger partial charge >= 0.3 is 0 Å². The highest BCUT2D eigenvalue weighted by molar-refractivity contribution is 7.89. The van der Waals surface area contributed by atoms with Crippen LogP contribution in [0.25, 0.3) is 0 Å². The molecule has 0 saturated heterocycles. The van der Waals surface area contributed by atoms with Crippen LogP contribution < -0.4 is 9.46 Å². The number of hydrogen-bond donors (Lipinski definition) is 1. The fourth-order valence-corrected chi connectivity index (χ4v) is 4.24. The summed E-state index contributed by atoms with van der Waals surface area (Å²) >= 11 is 0. The zero-order chi connectivity index (χ0) is 16.3. The molecule has 0 aliphatic heterocycles. The van der Waals surface area contributed by atoms with E-state index >= 15 is 0 Å². The molecular weight excluding hydrogens is 298 g/mol. The Bertz CT molecular complexity index is 732. The first kappa shape index (κ1) is 16.5. The summed E-state index contributed by atoms with van der Waals surface area (Å²) in [5.74, 6) is 0.657. The van der Waals surface area contributed by atoms with E-state index in [1.165, 1.54) is 0 Å². The van der Waals surface area contributed by atoms with Gasteiger partial charge in [-0.3, -0.25) is 0 Å². The molecule has 0 aliphatic carbocycles. The molecule has 0 aliphatic rings. The van der Waals surface area contributed by atoms with Crippen LogP contribution in [0.4, 0.5) is 0 Å². The predicted molar refractivity (Wildman–Crippen MR) is 87.6 cm³/mol. The van der Waals surface area contributed by atoms with E-state index in [2.05, 4.69) is 4.72 Å². The van der Waals surface area contributed by atoms with Crippen molar-refractivity contribution in [1.29, 1.82) is 0 Å². The van der Waals surface area contributed by atoms with Crippen molar-refractivity contribution in [3.05, 3.63) is 59.2 Å². The third-order valence-corrected chi connectivity index (χ3v) is 5.42. The standard InChI is InChI=1S/C17H21NO3S/c1-12-10-16(21-4)11-13(2)17(12)22(19,20)18-14(3)15-8-6-5-7-9-15/h5-11,14,18H,1-4H3/t14-/m0/s1. The molecule has 0 spiro atoms. The monoisotopic (exact) mass is 319 g/mol. The number of hydrogen-bond acceptors (Lipinski definition) is 3. The highest BCUT2D eigenvalue weighted by Gasteiger charge is 2.23. The molecule has 0 fully saturated rings. The van der Waals surface area contributed by atoms with Gasteiger partial charge in [0.1, 0.15) is 5.75 Å². The topological polar surface area (TPSA) is 55.4 Å². The number of methoxy groups -OCH3 is 1. The van der Waals surface area contributed by atoms with Gasteiger partial charge in [0.05, 0.1) is 12.0 Å². The maximum atomic E-state index is 12.7. The summed E-state index contributed by atoms with van der Waals surface area (Å²) in [5, 5.41) is 0. The van der Waals surface area contributed by atoms with Crippen molar-refractivity contribution in [2.45, 2.75) is 31.7 Å². The number of aryl methyl sites for hydroxylation is 2. The normalized spacial score (nSPS) is 12.9. The van der Waals surface area contributed by atoms with Gasteiger partial charge in [0.2, 0.25) is 10.0 Å². The fourth-order valence-electron chi connectivity index (χ4n) is 2.55. The van der Waals surface area contributed by atoms with Crippen molar-refractivity contribution < 1.29 is 13.2 Å². The molecule has 0 heterocycles. The molecule has 5 heteroatoms. The Morgan fingerprint density at radius 1 is 1.05 bits per heavy atom. The van der Waals surface area contributed by atoms with Gasteiger partial charge in [-0.15, -0.1) is 0 Å². The minimum Gasteiger partial charge on any atom is -0.497 e. The van der Waals surface area contributed by atoms with Crippen LogP contribution in [-0.2, 0) is 10.0 Å². The summed E-state index contributed by atoms with van der Waals surface area (Å²) in [6, 6.07) is 12.7. The van der Waals surface area contributed by atoms with Gasteiger partial charge in [-0.2, -0.15) is 0 Å². The first-order valence-corrected chi connectivity index (χ1v) is 8.56. The number of ether oxygens (including phenoxy) is 1. The maximum absolute atomic E-state index is 12.7. The van der Waals surface area contributed by atoms with E-state index in [1.54, 1.807) is 33.1 Å². The second-order valence-corrected chi connectivity index (χ2v) is 6.99. The molecule has 1 N–H and O–H groups in total. The van der Waals surface area contributed by atoms with E-state index < -0.39 is 10.0 Å². The van der Waals surface area contributed by atoms with Gasteiger partial charge in [-0.05, 0) is 49.6 Å². The molecule has 0 radical (unpaired) electrons. The Hall–Kier alpha value is -1.85. The highest BCUT2D eigenvalue weighted by atomic mass is 32.2. The molecule has 22 heavy (non-hydrogen) atoms. The minimum absolute atomic E-state index is 0.299. The van der Waals surface area contributed by atoms with Gasteiger partial charge < -0.3 is 4.74 Å². The zero-order valence-corrected chi connectivity index (χ0v) is 14.1. The molecule has 2 aromatic carbocycles. The molecule has 4 nitrogen and oxygen atoms in total. The largest absolute Gasteiger partial charge is 0.497 e. The van der Waals surface area contributed by atoms with Crippen LogP contribution in [0.2, 0.25) is 0 Å². The van der Waals surface area contributed by atoms with Crippen molar-refractivity contribution in [2.75, 3.05) is 7.11 Å². The molecule has 1 atom stereocenters. The SMILES string of the molecule is COc1cc(C)c(S(=O)(=O)N[C@@H](C)c2ccccc2)c(C)c1. The summed E-state index contributed by atoms with van der Waals surface area (Å²) in [6.45, 7) is 5.38. The lowest BCUT2D eigenvalue weighted by molar-refractivity contribution is 0.413. The van der Waals surface area contributed by atoms with Crippen LogP contribution in [0.1, 0.15) is 29.7 Å². The lowest BCUT2D eigenvalue weighted by Crippen LogP contribution is -2.28. The molecule has 0 saturated carbocycles. The highest BCUT2D eigenvalue weighted by Crippen LogP contribution is 2.27. The van der Waals surface area contributed by atoms with Crippen molar-refractivity contribution in [3.63, 3.8) is 0 Å². The van der Waals surface area contributed by atoms with Crippen molar-refractivity contribution in [2.24, 2.45) is 0 Å². The molecule has 118 valence electrons. The number of nitrogens with one attached hydrogen (secondary N) is 1. The van der Waals surface area contributed by atoms with E-state index in [-0.39, 0.29) is 6.04 Å². The number of sulfonamides is 1. The van der Waals surface area contributed by atoms with E-state index in [0.29, 0.717) is 21.8 Å². The summed E-state index contributed by atoms with van der Waals surface area (Å²) in [4.78, 5) is 0.316. The molecule has 2 rings (SSSR count). The van der Waals surface area contributed by atoms with Gasteiger partial charge in [-0.1, -0.05) is 30.3 Å². The average Bonchev–Trinajstić information content (AvgIpc) is 2.46. The third kappa shape index (κ3) is 3.48. The number of rotatable bonds is 5. The molecular formula is C17H21NO3S. The molecule has 0 bridgehead atoms. The van der Waals surface area contributed by atoms with Crippen LogP contribution in [0, 0.1) is 13.8 Å². The van der Waals surface area contributed by atoms with E-state index in [1.807, 2.05) is 37.3 Å². The van der Waals surface area contributed by atoms with Crippen LogP contribution in [-0.4, -0.2) is 15.5 Å². The maximum Gasteiger partial charge on any atom is 0.241 e. The van der Waals surface area contributed by atoms with Gasteiger partial charge in [0, 0.05) is 6.04 Å². The molecule has 0 amide bonds. The lowest BCUT2D eigenvalue weighted by Gasteiger charge is -2.18. The van der Waals surface area contributed by atoms with Crippen LogP contribution >= 0.6 is 0 Å². The lowest BCUT2D eigenvalue weighted by atomic mass is 10.1. The van der Waals surface area contributed by atoms with Crippen molar-refractivity contribution >= 4 is 10.0 Å². The fraction of sp³-hybridized carbons (Fsp3) is 0.294. The van der Waals surface area contributed by atoms with Crippen LogP contribution in [0.5, 0.6) is 5.75 Å². The van der Waals surface area contributed by atoms with Crippen LogP contribution in [0.3, 0.4) is 0 Å². The van der Waals surface area contributed by atoms with Crippen molar-refractivity contribution in [1.82, 2.24) is 4.72 Å². The van der Waals surface area contributed by atoms with Crippen LogP contribution in [0.15, 0.2) is 47.4 Å². The van der Waals surface area contributed by atoms with Crippen molar-refractivity contribution in [3.8, 4) is 5.75 Å². The minimum atomic E-state index is -3.60. The first-order valence-electron chi connectivity index (χ1n) is 7.07. The predicted octanol–water partition coefficient (Wildman–Crippen LogP) is 3.35. The Morgan fingerprint density at radius 3 is 2.09 bits per heavy atom. The second-order valence-electron chi connectivity index (χ2n) is 5.34. The average molecular weight is 319 g/mol. The summed E-state index contributed by atoms with van der Waals surface area (Å²) < 4.78 is 33.3. The molecule has 0 aromatic heterocycles. The van der Waals surface area contributed by atoms with Gasteiger partial charge in [-0.25, -0.2) is 13.1 Å². The quantitative estimate of drug-likeness (QED) is 0.919.